The first kappa shape index (κ1) is 12.9. The molecule has 0 fully saturated rings. The molecule has 0 atom stereocenters. The van der Waals surface area contributed by atoms with Crippen molar-refractivity contribution >= 4 is 23.4 Å². The first-order valence-electron chi connectivity index (χ1n) is 6.18. The number of nitrogens with zero attached hydrogens (tertiary/aromatic N) is 1. The van der Waals surface area contributed by atoms with Crippen LogP contribution in [-0.4, -0.2) is 10.8 Å². The first-order valence-corrected chi connectivity index (χ1v) is 6.18. The van der Waals surface area contributed by atoms with E-state index in [-0.39, 0.29) is 17.4 Å². The van der Waals surface area contributed by atoms with Gasteiger partial charge < -0.3 is 10.1 Å². The van der Waals surface area contributed by atoms with Gasteiger partial charge in [0, 0.05) is 12.1 Å². The Morgan fingerprint density at radius 2 is 1.81 bits per heavy atom. The van der Waals surface area contributed by atoms with Crippen LogP contribution in [-0.2, 0) is 4.79 Å². The van der Waals surface area contributed by atoms with E-state index in [2.05, 4.69) is 5.32 Å². The lowest BCUT2D eigenvalue weighted by Crippen LogP contribution is -2.23. The maximum Gasteiger partial charge on any atom is 0.291 e. The SMILES string of the molecule is O=C1Nc2ccccc2OC1=Cc1ccc([N+](=O)[O-])cc1. The summed E-state index contributed by atoms with van der Waals surface area (Å²) < 4.78 is 5.54. The summed E-state index contributed by atoms with van der Waals surface area (Å²) in [6.07, 6.45) is 1.54. The van der Waals surface area contributed by atoms with Crippen LogP contribution < -0.4 is 10.1 Å². The van der Waals surface area contributed by atoms with Gasteiger partial charge in [0.15, 0.2) is 11.5 Å². The molecule has 0 aromatic heterocycles. The molecule has 1 aliphatic heterocycles. The number of nitro benzene ring substituents is 1. The van der Waals surface area contributed by atoms with Crippen LogP contribution in [0.3, 0.4) is 0 Å². The number of amides is 1. The van der Waals surface area contributed by atoms with Gasteiger partial charge in [-0.3, -0.25) is 14.9 Å². The highest BCUT2D eigenvalue weighted by Gasteiger charge is 2.21. The maximum absolute atomic E-state index is 11.9. The zero-order chi connectivity index (χ0) is 14.8. The van der Waals surface area contributed by atoms with Crippen molar-refractivity contribution < 1.29 is 14.5 Å². The fourth-order valence-electron chi connectivity index (χ4n) is 1.95. The van der Waals surface area contributed by atoms with Crippen LogP contribution in [0.2, 0.25) is 0 Å². The number of rotatable bonds is 2. The van der Waals surface area contributed by atoms with Crippen LogP contribution in [0.15, 0.2) is 54.3 Å². The molecule has 1 amide bonds. The maximum atomic E-state index is 11.9. The molecule has 6 nitrogen and oxygen atoms in total. The molecule has 0 saturated heterocycles. The Labute approximate surface area is 119 Å². The molecule has 0 spiro atoms. The molecule has 6 heteroatoms. The van der Waals surface area contributed by atoms with E-state index in [1.807, 2.05) is 0 Å². The third-order valence-electron chi connectivity index (χ3n) is 2.98. The van der Waals surface area contributed by atoms with Crippen molar-refractivity contribution in [2.24, 2.45) is 0 Å². The third kappa shape index (κ3) is 2.59. The number of benzene rings is 2. The lowest BCUT2D eigenvalue weighted by atomic mass is 10.1. The number of carbonyl (C=O) groups is 1. The van der Waals surface area contributed by atoms with Crippen molar-refractivity contribution in [1.29, 1.82) is 0 Å². The number of nitro groups is 1. The second-order valence-electron chi connectivity index (χ2n) is 4.41. The van der Waals surface area contributed by atoms with E-state index in [0.717, 1.165) is 0 Å². The lowest BCUT2D eigenvalue weighted by Gasteiger charge is -2.19. The normalized spacial score (nSPS) is 15.0. The molecular weight excluding hydrogens is 272 g/mol. The fraction of sp³-hybridized carbons (Fsp3) is 0. The van der Waals surface area contributed by atoms with E-state index in [1.165, 1.54) is 18.2 Å². The van der Waals surface area contributed by atoms with Crippen LogP contribution in [0, 0.1) is 10.1 Å². The highest BCUT2D eigenvalue weighted by molar-refractivity contribution is 6.08. The van der Waals surface area contributed by atoms with E-state index in [4.69, 9.17) is 4.74 Å². The molecule has 1 heterocycles. The predicted molar refractivity (Wildman–Crippen MR) is 76.8 cm³/mol. The Hall–Kier alpha value is -3.15. The van der Waals surface area contributed by atoms with Gasteiger partial charge in [0.2, 0.25) is 0 Å². The lowest BCUT2D eigenvalue weighted by molar-refractivity contribution is -0.384. The number of non-ortho nitro benzene ring substituents is 1. The Balaban J connectivity index is 1.90. The Morgan fingerprint density at radius 3 is 2.52 bits per heavy atom. The third-order valence-corrected chi connectivity index (χ3v) is 2.98. The highest BCUT2D eigenvalue weighted by Crippen LogP contribution is 2.30. The van der Waals surface area contributed by atoms with E-state index in [0.29, 0.717) is 17.0 Å². The summed E-state index contributed by atoms with van der Waals surface area (Å²) in [5.41, 5.74) is 1.25. The van der Waals surface area contributed by atoms with Crippen LogP contribution in [0.1, 0.15) is 5.56 Å². The number of para-hydroxylation sites is 2. The van der Waals surface area contributed by atoms with Crippen molar-refractivity contribution in [3.8, 4) is 5.75 Å². The summed E-state index contributed by atoms with van der Waals surface area (Å²) >= 11 is 0. The number of hydrogen-bond donors (Lipinski definition) is 1. The number of carbonyl (C=O) groups excluding carboxylic acids is 1. The number of hydrogen-bond acceptors (Lipinski definition) is 4. The van der Waals surface area contributed by atoms with Gasteiger partial charge in [-0.15, -0.1) is 0 Å². The van der Waals surface area contributed by atoms with Crippen molar-refractivity contribution in [2.45, 2.75) is 0 Å². The van der Waals surface area contributed by atoms with Crippen LogP contribution in [0.5, 0.6) is 5.75 Å². The minimum Gasteiger partial charge on any atom is -0.449 e. The van der Waals surface area contributed by atoms with Gasteiger partial charge in [-0.25, -0.2) is 0 Å². The van der Waals surface area contributed by atoms with Gasteiger partial charge in [0.1, 0.15) is 0 Å². The van der Waals surface area contributed by atoms with Gasteiger partial charge in [-0.05, 0) is 35.9 Å². The Kier molecular flexibility index (Phi) is 3.12. The van der Waals surface area contributed by atoms with Crippen molar-refractivity contribution in [1.82, 2.24) is 0 Å². The quantitative estimate of drug-likeness (QED) is 0.521. The summed E-state index contributed by atoms with van der Waals surface area (Å²) in [7, 11) is 0. The minimum absolute atomic E-state index is 0.00323. The molecule has 2 aromatic rings. The van der Waals surface area contributed by atoms with Crippen molar-refractivity contribution in [3.05, 3.63) is 70.0 Å². The summed E-state index contributed by atoms with van der Waals surface area (Å²) in [5, 5.41) is 13.3. The molecule has 0 radical (unpaired) electrons. The van der Waals surface area contributed by atoms with Crippen LogP contribution >= 0.6 is 0 Å². The number of ether oxygens (including phenoxy) is 1. The van der Waals surface area contributed by atoms with E-state index in [9.17, 15) is 14.9 Å². The second kappa shape index (κ2) is 5.09. The molecule has 21 heavy (non-hydrogen) atoms. The second-order valence-corrected chi connectivity index (χ2v) is 4.41. The van der Waals surface area contributed by atoms with Crippen LogP contribution in [0.4, 0.5) is 11.4 Å². The molecule has 0 saturated carbocycles. The number of anilines is 1. The summed E-state index contributed by atoms with van der Waals surface area (Å²) in [6.45, 7) is 0. The standard InChI is InChI=1S/C15H10N2O4/c18-15-14(21-13-4-2-1-3-12(13)16-15)9-10-5-7-11(8-6-10)17(19)20/h1-9H,(H,16,18). The van der Waals surface area contributed by atoms with E-state index >= 15 is 0 Å². The van der Waals surface area contributed by atoms with Crippen LogP contribution in [0.25, 0.3) is 6.08 Å². The summed E-state index contributed by atoms with van der Waals surface area (Å²) in [5.74, 6) is 0.347. The number of nitrogens with one attached hydrogen (secondary N) is 1. The highest BCUT2D eigenvalue weighted by atomic mass is 16.6. The average molecular weight is 282 g/mol. The molecule has 104 valence electrons. The molecule has 0 aliphatic carbocycles. The molecule has 0 unspecified atom stereocenters. The molecule has 1 N–H and O–H groups in total. The smallest absolute Gasteiger partial charge is 0.291 e. The number of fused-ring (bicyclic) bond motifs is 1. The van der Waals surface area contributed by atoms with E-state index in [1.54, 1.807) is 36.4 Å². The molecule has 2 aromatic carbocycles. The zero-order valence-electron chi connectivity index (χ0n) is 10.8. The monoisotopic (exact) mass is 282 g/mol. The average Bonchev–Trinajstić information content (AvgIpc) is 2.48. The van der Waals surface area contributed by atoms with Gasteiger partial charge in [-0.1, -0.05) is 12.1 Å². The Morgan fingerprint density at radius 1 is 1.10 bits per heavy atom. The zero-order valence-corrected chi connectivity index (χ0v) is 10.8. The van der Waals surface area contributed by atoms with Gasteiger partial charge in [-0.2, -0.15) is 0 Å². The molecular formula is C15H10N2O4. The predicted octanol–water partition coefficient (Wildman–Crippen LogP) is 2.97. The van der Waals surface area contributed by atoms with Crippen molar-refractivity contribution in [2.75, 3.05) is 5.32 Å². The van der Waals surface area contributed by atoms with Gasteiger partial charge >= 0.3 is 0 Å². The summed E-state index contributed by atoms with van der Waals surface area (Å²) in [6, 6.07) is 13.0. The topological polar surface area (TPSA) is 81.5 Å². The van der Waals surface area contributed by atoms with Gasteiger partial charge in [0.25, 0.3) is 11.6 Å². The van der Waals surface area contributed by atoms with E-state index < -0.39 is 4.92 Å². The largest absolute Gasteiger partial charge is 0.449 e. The minimum atomic E-state index is -0.475. The fourth-order valence-corrected chi connectivity index (χ4v) is 1.95. The first-order chi connectivity index (χ1) is 10.1. The molecule has 1 aliphatic rings. The molecule has 3 rings (SSSR count). The van der Waals surface area contributed by atoms with Crippen molar-refractivity contribution in [3.63, 3.8) is 0 Å². The Bertz CT molecular complexity index is 751. The van der Waals surface area contributed by atoms with Gasteiger partial charge in [0.05, 0.1) is 10.6 Å². The molecule has 0 bridgehead atoms. The summed E-state index contributed by atoms with van der Waals surface area (Å²) in [4.78, 5) is 22.0.